The fourth-order valence-electron chi connectivity index (χ4n) is 2.63. The first-order valence-corrected chi connectivity index (χ1v) is 7.79. The van der Waals surface area contributed by atoms with Gasteiger partial charge >= 0.3 is 6.09 Å². The predicted octanol–water partition coefficient (Wildman–Crippen LogP) is 3.00. The maximum absolute atomic E-state index is 12.3. The molecule has 0 spiro atoms. The zero-order valence-corrected chi connectivity index (χ0v) is 14.0. The summed E-state index contributed by atoms with van der Waals surface area (Å²) < 4.78 is 7.42. The standard InChI is InChI=1S/C17H22N4O2/c1-12-5-6-18-14(9-12)13-10-19-21-8-7-20(11-15(13)21)16(22)23-17(2,3)4/h5-6,9-10H,7-8,11H2,1-4H3. The van der Waals surface area contributed by atoms with E-state index in [2.05, 4.69) is 10.1 Å². The summed E-state index contributed by atoms with van der Waals surface area (Å²) in [6, 6.07) is 4.00. The van der Waals surface area contributed by atoms with Crippen molar-refractivity contribution in [1.82, 2.24) is 19.7 Å². The van der Waals surface area contributed by atoms with Gasteiger partial charge in [0.25, 0.3) is 0 Å². The largest absolute Gasteiger partial charge is 0.444 e. The fourth-order valence-corrected chi connectivity index (χ4v) is 2.63. The molecule has 3 heterocycles. The fraction of sp³-hybridized carbons (Fsp3) is 0.471. The van der Waals surface area contributed by atoms with Crippen molar-refractivity contribution in [1.29, 1.82) is 0 Å². The molecule has 6 heteroatoms. The number of carbonyl (C=O) groups is 1. The number of rotatable bonds is 1. The number of aromatic nitrogens is 3. The quantitative estimate of drug-likeness (QED) is 0.812. The normalized spacial score (nSPS) is 14.5. The minimum absolute atomic E-state index is 0.284. The average Bonchev–Trinajstić information content (AvgIpc) is 2.88. The SMILES string of the molecule is Cc1ccnc(-c2cnn3c2CN(C(=O)OC(C)(C)C)CC3)c1. The molecule has 0 atom stereocenters. The molecule has 0 aromatic carbocycles. The molecular formula is C17H22N4O2. The zero-order valence-electron chi connectivity index (χ0n) is 14.0. The van der Waals surface area contributed by atoms with Gasteiger partial charge in [0.15, 0.2) is 0 Å². The summed E-state index contributed by atoms with van der Waals surface area (Å²) in [5.41, 5.74) is 3.52. The Hall–Kier alpha value is -2.37. The number of hydrogen-bond donors (Lipinski definition) is 0. The van der Waals surface area contributed by atoms with Gasteiger partial charge in [0.05, 0.1) is 30.7 Å². The van der Waals surface area contributed by atoms with E-state index in [0.717, 1.165) is 22.5 Å². The van der Waals surface area contributed by atoms with E-state index in [1.807, 2.05) is 50.7 Å². The Bertz CT molecular complexity index is 730. The van der Waals surface area contributed by atoms with Crippen LogP contribution in [0, 0.1) is 6.92 Å². The highest BCUT2D eigenvalue weighted by molar-refractivity contribution is 5.69. The Morgan fingerprint density at radius 2 is 2.09 bits per heavy atom. The Morgan fingerprint density at radius 3 is 2.78 bits per heavy atom. The maximum Gasteiger partial charge on any atom is 0.410 e. The first-order valence-electron chi connectivity index (χ1n) is 7.79. The van der Waals surface area contributed by atoms with Crippen LogP contribution in [0.1, 0.15) is 32.0 Å². The Balaban J connectivity index is 1.86. The minimum Gasteiger partial charge on any atom is -0.444 e. The summed E-state index contributed by atoms with van der Waals surface area (Å²) in [4.78, 5) is 18.5. The molecule has 0 radical (unpaired) electrons. The van der Waals surface area contributed by atoms with Crippen molar-refractivity contribution >= 4 is 6.09 Å². The first kappa shape index (κ1) is 15.5. The van der Waals surface area contributed by atoms with E-state index >= 15 is 0 Å². The molecule has 2 aromatic heterocycles. The van der Waals surface area contributed by atoms with Crippen LogP contribution in [0.4, 0.5) is 4.79 Å². The van der Waals surface area contributed by atoms with Crippen LogP contribution >= 0.6 is 0 Å². The summed E-state index contributed by atoms with van der Waals surface area (Å²) in [5, 5.41) is 4.43. The van der Waals surface area contributed by atoms with Crippen LogP contribution in [0.2, 0.25) is 0 Å². The molecule has 1 aliphatic heterocycles. The number of carbonyl (C=O) groups excluding carboxylic acids is 1. The van der Waals surface area contributed by atoms with Gasteiger partial charge in [-0.2, -0.15) is 5.10 Å². The van der Waals surface area contributed by atoms with E-state index in [1.165, 1.54) is 0 Å². The summed E-state index contributed by atoms with van der Waals surface area (Å²) in [6.45, 7) is 9.42. The highest BCUT2D eigenvalue weighted by Crippen LogP contribution is 2.26. The van der Waals surface area contributed by atoms with E-state index in [4.69, 9.17) is 4.74 Å². The second kappa shape index (κ2) is 5.68. The molecular weight excluding hydrogens is 292 g/mol. The summed E-state index contributed by atoms with van der Waals surface area (Å²) in [6.07, 6.45) is 3.34. The lowest BCUT2D eigenvalue weighted by atomic mass is 10.1. The first-order chi connectivity index (χ1) is 10.8. The summed E-state index contributed by atoms with van der Waals surface area (Å²) >= 11 is 0. The molecule has 122 valence electrons. The lowest BCUT2D eigenvalue weighted by molar-refractivity contribution is 0.0195. The van der Waals surface area contributed by atoms with Crippen LogP contribution < -0.4 is 0 Å². The zero-order chi connectivity index (χ0) is 16.6. The monoisotopic (exact) mass is 314 g/mol. The molecule has 0 saturated heterocycles. The van der Waals surface area contributed by atoms with E-state index in [9.17, 15) is 4.79 Å². The van der Waals surface area contributed by atoms with E-state index in [-0.39, 0.29) is 6.09 Å². The molecule has 1 amide bonds. The van der Waals surface area contributed by atoms with Crippen molar-refractivity contribution in [2.45, 2.75) is 46.4 Å². The molecule has 0 N–H and O–H groups in total. The van der Waals surface area contributed by atoms with Crippen molar-refractivity contribution in [2.24, 2.45) is 0 Å². The molecule has 3 rings (SSSR count). The van der Waals surface area contributed by atoms with Crippen molar-refractivity contribution < 1.29 is 9.53 Å². The van der Waals surface area contributed by atoms with E-state index in [0.29, 0.717) is 19.6 Å². The molecule has 1 aliphatic rings. The van der Waals surface area contributed by atoms with Gasteiger partial charge in [-0.05, 0) is 45.4 Å². The molecule has 0 saturated carbocycles. The number of pyridine rings is 1. The van der Waals surface area contributed by atoms with Gasteiger partial charge in [0.1, 0.15) is 5.60 Å². The number of ether oxygens (including phenoxy) is 1. The highest BCUT2D eigenvalue weighted by Gasteiger charge is 2.28. The van der Waals surface area contributed by atoms with Gasteiger partial charge in [-0.1, -0.05) is 0 Å². The third-order valence-corrected chi connectivity index (χ3v) is 3.71. The number of aryl methyl sites for hydroxylation is 1. The van der Waals surface area contributed by atoms with Gasteiger partial charge in [0.2, 0.25) is 0 Å². The van der Waals surface area contributed by atoms with Gasteiger partial charge < -0.3 is 9.64 Å². The molecule has 2 aromatic rings. The molecule has 0 fully saturated rings. The van der Waals surface area contributed by atoms with Crippen molar-refractivity contribution in [2.75, 3.05) is 6.54 Å². The summed E-state index contributed by atoms with van der Waals surface area (Å²) in [7, 11) is 0. The third-order valence-electron chi connectivity index (χ3n) is 3.71. The number of amides is 1. The molecule has 0 aliphatic carbocycles. The second-order valence-electron chi connectivity index (χ2n) is 6.85. The summed E-state index contributed by atoms with van der Waals surface area (Å²) in [5.74, 6) is 0. The van der Waals surface area contributed by atoms with Crippen molar-refractivity contribution in [3.05, 3.63) is 35.8 Å². The van der Waals surface area contributed by atoms with Crippen LogP contribution in [0.3, 0.4) is 0 Å². The smallest absolute Gasteiger partial charge is 0.410 e. The van der Waals surface area contributed by atoms with Crippen LogP contribution in [-0.4, -0.2) is 37.9 Å². The Kier molecular flexibility index (Phi) is 3.83. The molecule has 23 heavy (non-hydrogen) atoms. The lowest BCUT2D eigenvalue weighted by Crippen LogP contribution is -2.41. The van der Waals surface area contributed by atoms with Gasteiger partial charge in [0, 0.05) is 18.3 Å². The van der Waals surface area contributed by atoms with Gasteiger partial charge in [-0.15, -0.1) is 0 Å². The highest BCUT2D eigenvalue weighted by atomic mass is 16.6. The van der Waals surface area contributed by atoms with Crippen LogP contribution in [-0.2, 0) is 17.8 Å². The predicted molar refractivity (Wildman–Crippen MR) is 86.8 cm³/mol. The van der Waals surface area contributed by atoms with Crippen LogP contribution in [0.5, 0.6) is 0 Å². The van der Waals surface area contributed by atoms with E-state index < -0.39 is 5.60 Å². The topological polar surface area (TPSA) is 60.2 Å². The van der Waals surface area contributed by atoms with Gasteiger partial charge in [-0.25, -0.2) is 4.79 Å². The molecule has 0 unspecified atom stereocenters. The number of hydrogen-bond acceptors (Lipinski definition) is 4. The van der Waals surface area contributed by atoms with Crippen molar-refractivity contribution in [3.8, 4) is 11.3 Å². The number of fused-ring (bicyclic) bond motifs is 1. The van der Waals surface area contributed by atoms with Crippen LogP contribution in [0.15, 0.2) is 24.5 Å². The lowest BCUT2D eigenvalue weighted by Gasteiger charge is -2.30. The second-order valence-corrected chi connectivity index (χ2v) is 6.85. The van der Waals surface area contributed by atoms with E-state index in [1.54, 1.807) is 11.1 Å². The number of nitrogens with zero attached hydrogens (tertiary/aromatic N) is 4. The van der Waals surface area contributed by atoms with Crippen molar-refractivity contribution in [3.63, 3.8) is 0 Å². The molecule has 6 nitrogen and oxygen atoms in total. The van der Waals surface area contributed by atoms with Gasteiger partial charge in [-0.3, -0.25) is 9.67 Å². The minimum atomic E-state index is -0.490. The van der Waals surface area contributed by atoms with Crippen LogP contribution in [0.25, 0.3) is 11.3 Å². The Labute approximate surface area is 136 Å². The third kappa shape index (κ3) is 3.36. The average molecular weight is 314 g/mol. The maximum atomic E-state index is 12.3. The molecule has 0 bridgehead atoms. The Morgan fingerprint density at radius 1 is 1.30 bits per heavy atom.